The van der Waals surface area contributed by atoms with Crippen LogP contribution in [-0.2, 0) is 9.59 Å². The first kappa shape index (κ1) is 13.7. The Kier molecular flexibility index (Phi) is 3.22. The van der Waals surface area contributed by atoms with Crippen LogP contribution in [0.2, 0.25) is 0 Å². The Morgan fingerprint density at radius 2 is 1.84 bits per heavy atom. The van der Waals surface area contributed by atoms with Gasteiger partial charge >= 0.3 is 5.97 Å². The van der Waals surface area contributed by atoms with E-state index in [-0.39, 0.29) is 34.9 Å². The summed E-state index contributed by atoms with van der Waals surface area (Å²) in [7, 11) is 0. The predicted octanol–water partition coefficient (Wildman–Crippen LogP) is 2.43. The average molecular weight is 281 g/mol. The van der Waals surface area contributed by atoms with E-state index >= 15 is 0 Å². The molecule has 0 atom stereocenters. The fraction of sp³-hybridized carbons (Fsp3) is 0.462. The molecule has 0 aromatic carbocycles. The summed E-state index contributed by atoms with van der Waals surface area (Å²) in [6, 6.07) is 1.59. The molecule has 19 heavy (non-hydrogen) atoms. The van der Waals surface area contributed by atoms with Crippen molar-refractivity contribution >= 4 is 34.1 Å². The fourth-order valence-electron chi connectivity index (χ4n) is 2.21. The SMILES string of the molecule is Cc1cc(N2C(=O)CC(C)(C)CC2=O)sc1C(=O)O. The zero-order valence-electron chi connectivity index (χ0n) is 11.0. The number of aryl methyl sites for hydroxylation is 1. The average Bonchev–Trinajstić information content (AvgIpc) is 2.56. The summed E-state index contributed by atoms with van der Waals surface area (Å²) in [5, 5.41) is 9.42. The zero-order chi connectivity index (χ0) is 14.4. The number of amides is 2. The maximum Gasteiger partial charge on any atom is 0.346 e. The molecule has 2 amide bonds. The highest BCUT2D eigenvalue weighted by Crippen LogP contribution is 2.37. The smallest absolute Gasteiger partial charge is 0.346 e. The summed E-state index contributed by atoms with van der Waals surface area (Å²) in [5.41, 5.74) is 0.241. The lowest BCUT2D eigenvalue weighted by Crippen LogP contribution is -2.45. The van der Waals surface area contributed by atoms with Crippen molar-refractivity contribution in [2.75, 3.05) is 4.90 Å². The number of carbonyl (C=O) groups is 3. The number of carbonyl (C=O) groups excluding carboxylic acids is 2. The van der Waals surface area contributed by atoms with Gasteiger partial charge in [-0.3, -0.25) is 9.59 Å². The normalized spacial score (nSPS) is 18.8. The second-order valence-electron chi connectivity index (χ2n) is 5.54. The van der Waals surface area contributed by atoms with Gasteiger partial charge in [-0.15, -0.1) is 11.3 Å². The molecule has 5 nitrogen and oxygen atoms in total. The molecule has 1 aromatic rings. The maximum atomic E-state index is 12.1. The summed E-state index contributed by atoms with van der Waals surface area (Å²) in [6.45, 7) is 5.41. The van der Waals surface area contributed by atoms with E-state index in [1.807, 2.05) is 13.8 Å². The van der Waals surface area contributed by atoms with Gasteiger partial charge in [-0.2, -0.15) is 0 Å². The molecule has 1 aromatic heterocycles. The highest BCUT2D eigenvalue weighted by atomic mass is 32.1. The van der Waals surface area contributed by atoms with E-state index in [9.17, 15) is 14.4 Å². The number of carboxylic acid groups (broad SMARTS) is 1. The Balaban J connectivity index is 2.37. The van der Waals surface area contributed by atoms with Gasteiger partial charge in [-0.25, -0.2) is 9.69 Å². The Bertz CT molecular complexity index is 553. The number of hydrogen-bond acceptors (Lipinski definition) is 4. The number of imide groups is 1. The van der Waals surface area contributed by atoms with E-state index in [0.29, 0.717) is 10.6 Å². The van der Waals surface area contributed by atoms with Crippen LogP contribution in [0.5, 0.6) is 0 Å². The molecule has 0 saturated carbocycles. The van der Waals surface area contributed by atoms with Crippen molar-refractivity contribution in [1.82, 2.24) is 0 Å². The summed E-state index contributed by atoms with van der Waals surface area (Å²) in [5.74, 6) is -1.56. The molecule has 2 heterocycles. The van der Waals surface area contributed by atoms with E-state index in [4.69, 9.17) is 5.11 Å². The maximum absolute atomic E-state index is 12.1. The number of nitrogens with zero attached hydrogens (tertiary/aromatic N) is 1. The first-order chi connectivity index (χ1) is 8.71. The number of rotatable bonds is 2. The third-order valence-electron chi connectivity index (χ3n) is 3.08. The highest BCUT2D eigenvalue weighted by Gasteiger charge is 2.39. The number of thiophene rings is 1. The van der Waals surface area contributed by atoms with Crippen LogP contribution < -0.4 is 4.90 Å². The molecule has 0 radical (unpaired) electrons. The van der Waals surface area contributed by atoms with Crippen molar-refractivity contribution in [1.29, 1.82) is 0 Å². The molecular weight excluding hydrogens is 266 g/mol. The Hall–Kier alpha value is -1.69. The standard InChI is InChI=1S/C13H15NO4S/c1-7-4-10(19-11(7)12(17)18)14-8(15)5-13(2,3)6-9(14)16/h4H,5-6H2,1-3H3,(H,17,18). The predicted molar refractivity (Wildman–Crippen MR) is 71.5 cm³/mol. The van der Waals surface area contributed by atoms with E-state index in [2.05, 4.69) is 0 Å². The van der Waals surface area contributed by atoms with Crippen LogP contribution in [0.1, 0.15) is 41.9 Å². The molecule has 1 aliphatic rings. The van der Waals surface area contributed by atoms with Gasteiger partial charge < -0.3 is 5.11 Å². The summed E-state index contributed by atoms with van der Waals surface area (Å²) >= 11 is 0.966. The second kappa shape index (κ2) is 4.45. The summed E-state index contributed by atoms with van der Waals surface area (Å²) in [6.07, 6.45) is 0.580. The summed E-state index contributed by atoms with van der Waals surface area (Å²) in [4.78, 5) is 36.4. The van der Waals surface area contributed by atoms with Crippen LogP contribution in [0.25, 0.3) is 0 Å². The zero-order valence-corrected chi connectivity index (χ0v) is 11.8. The second-order valence-corrected chi connectivity index (χ2v) is 6.57. The Morgan fingerprint density at radius 1 is 1.32 bits per heavy atom. The first-order valence-electron chi connectivity index (χ1n) is 5.91. The third-order valence-corrected chi connectivity index (χ3v) is 4.29. The number of aromatic carboxylic acids is 1. The van der Waals surface area contributed by atoms with Crippen LogP contribution >= 0.6 is 11.3 Å². The monoisotopic (exact) mass is 281 g/mol. The van der Waals surface area contributed by atoms with Gasteiger partial charge in [0.1, 0.15) is 9.88 Å². The largest absolute Gasteiger partial charge is 0.477 e. The summed E-state index contributed by atoms with van der Waals surface area (Å²) < 4.78 is 0. The van der Waals surface area contributed by atoms with Gasteiger partial charge in [0, 0.05) is 12.8 Å². The topological polar surface area (TPSA) is 74.7 Å². The molecule has 1 aliphatic heterocycles. The van der Waals surface area contributed by atoms with Crippen molar-refractivity contribution < 1.29 is 19.5 Å². The van der Waals surface area contributed by atoms with Crippen LogP contribution in [0, 0.1) is 12.3 Å². The first-order valence-corrected chi connectivity index (χ1v) is 6.72. The van der Waals surface area contributed by atoms with Crippen molar-refractivity contribution in [3.63, 3.8) is 0 Å². The molecular formula is C13H15NO4S. The molecule has 0 spiro atoms. The van der Waals surface area contributed by atoms with Gasteiger partial charge in [0.2, 0.25) is 11.8 Å². The fourth-order valence-corrected chi connectivity index (χ4v) is 3.26. The van der Waals surface area contributed by atoms with Crippen molar-refractivity contribution in [2.45, 2.75) is 33.6 Å². The highest BCUT2D eigenvalue weighted by molar-refractivity contribution is 7.18. The molecule has 1 N–H and O–H groups in total. The van der Waals surface area contributed by atoms with E-state index in [1.54, 1.807) is 13.0 Å². The number of hydrogen-bond donors (Lipinski definition) is 1. The molecule has 0 bridgehead atoms. The minimum atomic E-state index is -1.04. The minimum absolute atomic E-state index is 0.167. The molecule has 0 unspecified atom stereocenters. The molecule has 102 valence electrons. The Labute approximate surface area is 114 Å². The van der Waals surface area contributed by atoms with Gasteiger partial charge in [0.25, 0.3) is 0 Å². The molecule has 6 heteroatoms. The third kappa shape index (κ3) is 2.53. The molecule has 2 rings (SSSR count). The van der Waals surface area contributed by atoms with E-state index in [1.165, 1.54) is 0 Å². The van der Waals surface area contributed by atoms with Crippen molar-refractivity contribution in [3.05, 3.63) is 16.5 Å². The van der Waals surface area contributed by atoms with Crippen LogP contribution in [0.4, 0.5) is 5.00 Å². The van der Waals surface area contributed by atoms with Gasteiger partial charge in [-0.1, -0.05) is 13.8 Å². The number of carboxylic acids is 1. The quantitative estimate of drug-likeness (QED) is 0.845. The molecule has 1 saturated heterocycles. The van der Waals surface area contributed by atoms with Crippen molar-refractivity contribution in [3.8, 4) is 0 Å². The Morgan fingerprint density at radius 3 is 2.26 bits per heavy atom. The van der Waals surface area contributed by atoms with E-state index < -0.39 is 5.97 Å². The molecule has 1 fully saturated rings. The molecule has 0 aliphatic carbocycles. The lowest BCUT2D eigenvalue weighted by Gasteiger charge is -2.33. The number of anilines is 1. The van der Waals surface area contributed by atoms with Gasteiger partial charge in [0.15, 0.2) is 0 Å². The van der Waals surface area contributed by atoms with Crippen LogP contribution in [-0.4, -0.2) is 22.9 Å². The number of piperidine rings is 1. The van der Waals surface area contributed by atoms with Crippen LogP contribution in [0.15, 0.2) is 6.07 Å². The van der Waals surface area contributed by atoms with E-state index in [0.717, 1.165) is 16.2 Å². The van der Waals surface area contributed by atoms with Crippen LogP contribution in [0.3, 0.4) is 0 Å². The van der Waals surface area contributed by atoms with Gasteiger partial charge in [-0.05, 0) is 24.0 Å². The minimum Gasteiger partial charge on any atom is -0.477 e. The lowest BCUT2D eigenvalue weighted by molar-refractivity contribution is -0.132. The van der Waals surface area contributed by atoms with Crippen molar-refractivity contribution in [2.24, 2.45) is 5.41 Å². The lowest BCUT2D eigenvalue weighted by atomic mass is 9.82. The van der Waals surface area contributed by atoms with Gasteiger partial charge in [0.05, 0.1) is 0 Å².